The number of allylic oxidation sites excluding steroid dienone is 1. The number of fused-ring (bicyclic) bond motifs is 1. The number of rotatable bonds is 1. The predicted molar refractivity (Wildman–Crippen MR) is 83.9 cm³/mol. The van der Waals surface area contributed by atoms with Gasteiger partial charge in [0.05, 0.1) is 6.57 Å². The van der Waals surface area contributed by atoms with Crippen molar-refractivity contribution in [2.24, 2.45) is 10.8 Å². The second-order valence-electron chi connectivity index (χ2n) is 6.56. The molecule has 0 radical (unpaired) electrons. The third-order valence-electron chi connectivity index (χ3n) is 4.53. The number of ketones is 1. The smallest absolute Gasteiger partial charge is 0.227 e. The summed E-state index contributed by atoms with van der Waals surface area (Å²) in [5, 5.41) is 0. The summed E-state index contributed by atoms with van der Waals surface area (Å²) >= 11 is 0. The van der Waals surface area contributed by atoms with Crippen molar-refractivity contribution < 1.29 is 4.79 Å². The van der Waals surface area contributed by atoms with Crippen molar-refractivity contribution >= 4 is 11.7 Å². The van der Waals surface area contributed by atoms with Crippen LogP contribution in [0.25, 0.3) is 4.85 Å². The fourth-order valence-corrected chi connectivity index (χ4v) is 3.57. The zero-order valence-corrected chi connectivity index (χ0v) is 13.0. The average molecular weight is 294 g/mol. The van der Waals surface area contributed by atoms with Crippen LogP contribution in [0.5, 0.6) is 0 Å². The molecule has 0 saturated carbocycles. The third-order valence-corrected chi connectivity index (χ3v) is 4.53. The number of carbonyl (C=O) groups is 1. The Morgan fingerprint density at radius 2 is 1.95 bits per heavy atom. The number of Topliss-reactive ketones (excluding diaryl/α,β-unsaturated/α-hetero) is 1. The number of anilines is 1. The van der Waals surface area contributed by atoms with Gasteiger partial charge in [0.25, 0.3) is 0 Å². The lowest BCUT2D eigenvalue weighted by Gasteiger charge is -2.47. The zero-order chi connectivity index (χ0) is 16.0. The molecule has 0 aromatic carbocycles. The quantitative estimate of drug-likeness (QED) is 0.590. The lowest BCUT2D eigenvalue weighted by molar-refractivity contribution is -0.122. The summed E-state index contributed by atoms with van der Waals surface area (Å²) in [6, 6.07) is 1.79. The minimum atomic E-state index is -0.632. The molecule has 1 aliphatic carbocycles. The van der Waals surface area contributed by atoms with E-state index in [1.807, 2.05) is 19.9 Å². The Bertz CT molecular complexity index is 727. The van der Waals surface area contributed by atoms with Crippen LogP contribution in [-0.2, 0) is 4.79 Å². The molecule has 5 heteroatoms. The van der Waals surface area contributed by atoms with Gasteiger partial charge in [0, 0.05) is 36.3 Å². The topological polar surface area (TPSA) is 50.5 Å². The van der Waals surface area contributed by atoms with Crippen molar-refractivity contribution in [3.05, 3.63) is 53.3 Å². The largest absolute Gasteiger partial charge is 0.336 e. The van der Waals surface area contributed by atoms with E-state index in [0.29, 0.717) is 19.0 Å². The van der Waals surface area contributed by atoms with E-state index < -0.39 is 5.41 Å². The van der Waals surface area contributed by atoms with Crippen LogP contribution in [0.4, 0.5) is 5.95 Å². The predicted octanol–water partition coefficient (Wildman–Crippen LogP) is 2.64. The molecule has 0 N–H and O–H groups in total. The summed E-state index contributed by atoms with van der Waals surface area (Å²) in [4.78, 5) is 26.6. The van der Waals surface area contributed by atoms with Crippen LogP contribution in [0, 0.1) is 17.4 Å². The first-order valence-corrected chi connectivity index (χ1v) is 7.27. The Hall–Kier alpha value is -2.48. The van der Waals surface area contributed by atoms with Gasteiger partial charge in [-0.2, -0.15) is 0 Å². The molecule has 2 heterocycles. The van der Waals surface area contributed by atoms with E-state index in [1.165, 1.54) is 0 Å². The number of aromatic nitrogens is 2. The van der Waals surface area contributed by atoms with Crippen LogP contribution in [0.3, 0.4) is 0 Å². The minimum Gasteiger partial charge on any atom is -0.336 e. The molecule has 0 unspecified atom stereocenters. The van der Waals surface area contributed by atoms with E-state index >= 15 is 0 Å². The molecule has 0 spiro atoms. The number of hydrogen-bond donors (Lipinski definition) is 0. The lowest BCUT2D eigenvalue weighted by atomic mass is 9.61. The molecule has 0 fully saturated rings. The molecule has 1 aromatic heterocycles. The highest BCUT2D eigenvalue weighted by Gasteiger charge is 2.49. The van der Waals surface area contributed by atoms with Gasteiger partial charge in [0.2, 0.25) is 11.6 Å². The number of carbonyl (C=O) groups excluding carboxylic acids is 1. The van der Waals surface area contributed by atoms with Gasteiger partial charge in [0.1, 0.15) is 0 Å². The fraction of sp³-hybridized carbons (Fsp3) is 0.412. The molecule has 1 aromatic rings. The molecule has 22 heavy (non-hydrogen) atoms. The van der Waals surface area contributed by atoms with Crippen molar-refractivity contribution in [1.82, 2.24) is 9.97 Å². The number of hydrogen-bond acceptors (Lipinski definition) is 4. The van der Waals surface area contributed by atoms with E-state index in [2.05, 4.69) is 32.7 Å². The Morgan fingerprint density at radius 3 is 2.59 bits per heavy atom. The zero-order valence-electron chi connectivity index (χ0n) is 13.0. The highest BCUT2D eigenvalue weighted by Crippen LogP contribution is 2.49. The Morgan fingerprint density at radius 1 is 1.27 bits per heavy atom. The van der Waals surface area contributed by atoms with Crippen LogP contribution in [0.2, 0.25) is 0 Å². The second-order valence-corrected chi connectivity index (χ2v) is 6.56. The SMILES string of the molecule is [C-]#[N+]C1=C[C@]2(C)CN(c3ncccn3)CC=C2C(C)(C)C1=O. The van der Waals surface area contributed by atoms with Gasteiger partial charge in [-0.3, -0.25) is 0 Å². The summed E-state index contributed by atoms with van der Waals surface area (Å²) in [5.41, 5.74) is 0.340. The Kier molecular flexibility index (Phi) is 3.13. The fourth-order valence-electron chi connectivity index (χ4n) is 3.57. The Balaban J connectivity index is 2.07. The molecular weight excluding hydrogens is 276 g/mol. The highest BCUT2D eigenvalue weighted by atomic mass is 16.1. The van der Waals surface area contributed by atoms with Crippen molar-refractivity contribution in [1.29, 1.82) is 0 Å². The van der Waals surface area contributed by atoms with Crippen molar-refractivity contribution in [2.45, 2.75) is 20.8 Å². The van der Waals surface area contributed by atoms with Gasteiger partial charge < -0.3 is 9.69 Å². The van der Waals surface area contributed by atoms with Gasteiger partial charge in [0.15, 0.2) is 5.78 Å². The summed E-state index contributed by atoms with van der Waals surface area (Å²) < 4.78 is 0. The molecule has 0 saturated heterocycles. The molecular formula is C17H18N4O. The van der Waals surface area contributed by atoms with Crippen LogP contribution in [0.1, 0.15) is 20.8 Å². The highest BCUT2D eigenvalue weighted by molar-refractivity contribution is 6.04. The molecule has 2 aliphatic rings. The van der Waals surface area contributed by atoms with Crippen LogP contribution >= 0.6 is 0 Å². The Labute approximate surface area is 130 Å². The maximum atomic E-state index is 12.5. The second kappa shape index (κ2) is 4.77. The summed E-state index contributed by atoms with van der Waals surface area (Å²) in [5.74, 6) is 0.585. The van der Waals surface area contributed by atoms with Crippen LogP contribution in [0.15, 0.2) is 41.9 Å². The van der Waals surface area contributed by atoms with Gasteiger partial charge in [-0.05, 0) is 6.07 Å². The van der Waals surface area contributed by atoms with Crippen LogP contribution in [-0.4, -0.2) is 28.8 Å². The van der Waals surface area contributed by atoms with E-state index in [4.69, 9.17) is 6.57 Å². The molecule has 3 rings (SSSR count). The first-order valence-electron chi connectivity index (χ1n) is 7.27. The average Bonchev–Trinajstić information content (AvgIpc) is 2.51. The first-order chi connectivity index (χ1) is 10.4. The third kappa shape index (κ3) is 2.03. The standard InChI is InChI=1S/C17H18N4O/c1-16(2)13-6-9-21(15-19-7-5-8-20-15)11-17(13,3)10-12(18-4)14(16)22/h5-8,10H,9,11H2,1-3H3/t17-/m1/s1. The molecule has 112 valence electrons. The maximum absolute atomic E-state index is 12.5. The normalized spacial score (nSPS) is 26.6. The van der Waals surface area contributed by atoms with Crippen molar-refractivity contribution in [3.63, 3.8) is 0 Å². The van der Waals surface area contributed by atoms with E-state index in [9.17, 15) is 4.79 Å². The lowest BCUT2D eigenvalue weighted by Crippen LogP contribution is -2.49. The molecule has 1 atom stereocenters. The molecule has 0 bridgehead atoms. The first kappa shape index (κ1) is 14.5. The van der Waals surface area contributed by atoms with E-state index in [1.54, 1.807) is 18.5 Å². The van der Waals surface area contributed by atoms with Gasteiger partial charge >= 0.3 is 0 Å². The molecule has 1 aliphatic heterocycles. The van der Waals surface area contributed by atoms with Gasteiger partial charge in [-0.15, -0.1) is 0 Å². The van der Waals surface area contributed by atoms with Gasteiger partial charge in [-0.1, -0.05) is 38.5 Å². The molecule has 5 nitrogen and oxygen atoms in total. The monoisotopic (exact) mass is 294 g/mol. The van der Waals surface area contributed by atoms with E-state index in [-0.39, 0.29) is 16.9 Å². The summed E-state index contributed by atoms with van der Waals surface area (Å²) in [6.45, 7) is 14.5. The molecule has 0 amide bonds. The van der Waals surface area contributed by atoms with E-state index in [0.717, 1.165) is 5.57 Å². The van der Waals surface area contributed by atoms with Crippen LogP contribution < -0.4 is 4.90 Å². The maximum Gasteiger partial charge on any atom is 0.227 e. The number of nitrogens with zero attached hydrogens (tertiary/aromatic N) is 4. The van der Waals surface area contributed by atoms with Crippen molar-refractivity contribution in [3.8, 4) is 0 Å². The summed E-state index contributed by atoms with van der Waals surface area (Å²) in [7, 11) is 0. The van der Waals surface area contributed by atoms with Crippen molar-refractivity contribution in [2.75, 3.05) is 18.0 Å². The van der Waals surface area contributed by atoms with Gasteiger partial charge in [-0.25, -0.2) is 14.8 Å². The summed E-state index contributed by atoms with van der Waals surface area (Å²) in [6.07, 6.45) is 7.35. The minimum absolute atomic E-state index is 0.0874.